The van der Waals surface area contributed by atoms with Gasteiger partial charge in [-0.2, -0.15) is 0 Å². The van der Waals surface area contributed by atoms with Crippen LogP contribution in [0.4, 0.5) is 0 Å². The van der Waals surface area contributed by atoms with E-state index in [1.165, 1.54) is 212 Å². The molecule has 0 aromatic rings. The van der Waals surface area contributed by atoms with Gasteiger partial charge in [0.2, 0.25) is 5.91 Å². The topological polar surface area (TPSA) is 111 Å². The smallest absolute Gasteiger partial charge is 0.305 e. The van der Waals surface area contributed by atoms with E-state index >= 15 is 0 Å². The number of esters is 3. The van der Waals surface area contributed by atoms with Crippen LogP contribution in [-0.4, -0.2) is 73.7 Å². The van der Waals surface area contributed by atoms with Crippen LogP contribution in [0.5, 0.6) is 0 Å². The predicted molar refractivity (Wildman–Crippen MR) is 285 cm³/mol. The first kappa shape index (κ1) is 63.9. The molecule has 0 aromatic heterocycles. The van der Waals surface area contributed by atoms with Crippen molar-refractivity contribution in [3.63, 3.8) is 0 Å². The highest BCUT2D eigenvalue weighted by molar-refractivity contribution is 5.79. The van der Waals surface area contributed by atoms with E-state index in [9.17, 15) is 19.2 Å². The van der Waals surface area contributed by atoms with Crippen molar-refractivity contribution >= 4 is 23.8 Å². The van der Waals surface area contributed by atoms with E-state index in [1.54, 1.807) is 0 Å². The van der Waals surface area contributed by atoms with Crippen molar-refractivity contribution < 1.29 is 33.4 Å². The van der Waals surface area contributed by atoms with E-state index in [-0.39, 0.29) is 69.4 Å². The number of unbranched alkanes of at least 4 members (excludes halogenated alkanes) is 39. The van der Waals surface area contributed by atoms with Gasteiger partial charge in [0.1, 0.15) is 25.4 Å². The highest BCUT2D eigenvalue weighted by Crippen LogP contribution is 2.19. The molecular weight excluding hydrogens is 849 g/mol. The first-order valence-electron chi connectivity index (χ1n) is 29.8. The minimum absolute atomic E-state index is 0.189. The first-order valence-corrected chi connectivity index (χ1v) is 29.8. The molecule has 1 saturated heterocycles. The Bertz CT molecular complexity index is 1040. The molecule has 1 amide bonds. The SMILES string of the molecule is CCCCCCCCCCCCCCCCC(=O)OCC(COC(=O)CCCCCCCCCCCCCCCC)(COC(=O)CCCCCCCCCCCCCCCC)NC(=O)CN1CC1. The maximum atomic E-state index is 13.3. The molecule has 0 bridgehead atoms. The van der Waals surface area contributed by atoms with Crippen molar-refractivity contribution in [3.05, 3.63) is 0 Å². The lowest BCUT2D eigenvalue weighted by molar-refractivity contribution is -0.159. The maximum absolute atomic E-state index is 13.3. The number of rotatable bonds is 54. The molecule has 400 valence electrons. The monoisotopic (exact) mass is 961 g/mol. The van der Waals surface area contributed by atoms with E-state index < -0.39 is 5.54 Å². The largest absolute Gasteiger partial charge is 0.463 e. The molecule has 9 nitrogen and oxygen atoms in total. The van der Waals surface area contributed by atoms with E-state index in [0.29, 0.717) is 0 Å². The summed E-state index contributed by atoms with van der Waals surface area (Å²) in [6.45, 7) is 7.99. The van der Waals surface area contributed by atoms with E-state index in [0.717, 1.165) is 70.9 Å². The number of ether oxygens (including phenoxy) is 3. The number of nitrogens with one attached hydrogen (secondary N) is 1. The van der Waals surface area contributed by atoms with E-state index in [4.69, 9.17) is 14.2 Å². The van der Waals surface area contributed by atoms with Crippen LogP contribution in [0, 0.1) is 0 Å². The Morgan fingerprint density at radius 1 is 0.338 bits per heavy atom. The summed E-state index contributed by atoms with van der Waals surface area (Å²) in [5.74, 6) is -1.32. The quantitative estimate of drug-likeness (QED) is 0.0278. The molecule has 1 aliphatic heterocycles. The number of nitrogens with zero attached hydrogens (tertiary/aromatic N) is 1. The highest BCUT2D eigenvalue weighted by atomic mass is 16.6. The van der Waals surface area contributed by atoms with Crippen molar-refractivity contribution in [3.8, 4) is 0 Å². The van der Waals surface area contributed by atoms with Gasteiger partial charge in [-0.3, -0.25) is 24.1 Å². The van der Waals surface area contributed by atoms with Crippen LogP contribution in [0.25, 0.3) is 0 Å². The second kappa shape index (κ2) is 48.5. The molecule has 0 spiro atoms. The average molecular weight is 962 g/mol. The van der Waals surface area contributed by atoms with Crippen LogP contribution in [0.1, 0.15) is 310 Å². The molecule has 1 aliphatic rings. The zero-order valence-electron chi connectivity index (χ0n) is 45.4. The molecule has 0 aliphatic carbocycles. The molecule has 9 heteroatoms. The van der Waals surface area contributed by atoms with Gasteiger partial charge in [-0.25, -0.2) is 0 Å². The Morgan fingerprint density at radius 2 is 0.544 bits per heavy atom. The van der Waals surface area contributed by atoms with Crippen molar-refractivity contribution in [2.75, 3.05) is 39.5 Å². The third kappa shape index (κ3) is 43.8. The second-order valence-electron chi connectivity index (χ2n) is 21.1. The normalized spacial score (nSPS) is 12.6. The van der Waals surface area contributed by atoms with E-state index in [1.807, 2.05) is 4.90 Å². The molecule has 1 N–H and O–H groups in total. The molecule has 0 atom stereocenters. The van der Waals surface area contributed by atoms with Crippen molar-refractivity contribution in [2.24, 2.45) is 0 Å². The Morgan fingerprint density at radius 3 is 0.750 bits per heavy atom. The number of hydrogen-bond donors (Lipinski definition) is 1. The molecule has 0 radical (unpaired) electrons. The summed E-state index contributed by atoms with van der Waals surface area (Å²) < 4.78 is 17.5. The van der Waals surface area contributed by atoms with Crippen LogP contribution in [0.3, 0.4) is 0 Å². The lowest BCUT2D eigenvalue weighted by atomic mass is 10.0. The standard InChI is InChI=1S/C59H112N2O7/c1-4-7-10-13-16-19-22-25-28-31-34-37-40-43-46-56(63)66-52-59(60-55(62)51-61-49-50-61,53-67-57(64)47-44-41-38-35-32-29-26-23-20-17-14-11-8-5-2)54-68-58(65)48-45-42-39-36-33-30-27-24-21-18-15-12-9-6-3/h4-54H2,1-3H3,(H,60,62). The summed E-state index contributed by atoms with van der Waals surface area (Å²) in [5.41, 5.74) is -1.37. The van der Waals surface area contributed by atoms with Crippen molar-refractivity contribution in [1.29, 1.82) is 0 Å². The molecule has 1 heterocycles. The van der Waals surface area contributed by atoms with Gasteiger partial charge in [0.05, 0.1) is 6.54 Å². The molecule has 0 saturated carbocycles. The second-order valence-corrected chi connectivity index (χ2v) is 21.1. The van der Waals surface area contributed by atoms with E-state index in [2.05, 4.69) is 26.1 Å². The number of carbonyl (C=O) groups excluding carboxylic acids is 4. The Hall–Kier alpha value is -2.16. The number of amides is 1. The summed E-state index contributed by atoms with van der Waals surface area (Å²) in [4.78, 5) is 54.7. The molecule has 0 aromatic carbocycles. The Labute approximate surface area is 420 Å². The van der Waals surface area contributed by atoms with Gasteiger partial charge in [0, 0.05) is 32.4 Å². The Kier molecular flexibility index (Phi) is 45.5. The molecule has 1 fully saturated rings. The minimum atomic E-state index is -1.37. The molecule has 68 heavy (non-hydrogen) atoms. The predicted octanol–water partition coefficient (Wildman–Crippen LogP) is 16.4. The minimum Gasteiger partial charge on any atom is -0.463 e. The van der Waals surface area contributed by atoms with Gasteiger partial charge in [0.15, 0.2) is 0 Å². The average Bonchev–Trinajstić information content (AvgIpc) is 4.16. The molecule has 0 unspecified atom stereocenters. The van der Waals surface area contributed by atoms with Gasteiger partial charge < -0.3 is 19.5 Å². The number of carbonyl (C=O) groups is 4. The zero-order valence-corrected chi connectivity index (χ0v) is 45.4. The molecular formula is C59H112N2O7. The maximum Gasteiger partial charge on any atom is 0.305 e. The van der Waals surface area contributed by atoms with Crippen molar-refractivity contribution in [1.82, 2.24) is 10.2 Å². The zero-order chi connectivity index (χ0) is 49.3. The number of hydrogen-bond acceptors (Lipinski definition) is 8. The summed E-state index contributed by atoms with van der Waals surface area (Å²) in [6, 6.07) is 0. The summed E-state index contributed by atoms with van der Waals surface area (Å²) >= 11 is 0. The van der Waals surface area contributed by atoms with Gasteiger partial charge in [0.25, 0.3) is 0 Å². The van der Waals surface area contributed by atoms with Gasteiger partial charge in [-0.05, 0) is 19.3 Å². The lowest BCUT2D eigenvalue weighted by Crippen LogP contribution is -2.60. The van der Waals surface area contributed by atoms with Gasteiger partial charge in [-0.15, -0.1) is 0 Å². The van der Waals surface area contributed by atoms with Crippen molar-refractivity contribution in [2.45, 2.75) is 315 Å². The third-order valence-electron chi connectivity index (χ3n) is 14.0. The fraction of sp³-hybridized carbons (Fsp3) is 0.932. The summed E-state index contributed by atoms with van der Waals surface area (Å²) in [7, 11) is 0. The van der Waals surface area contributed by atoms with Gasteiger partial charge >= 0.3 is 17.9 Å². The Balaban J connectivity index is 2.59. The van der Waals surface area contributed by atoms with Crippen LogP contribution >= 0.6 is 0 Å². The van der Waals surface area contributed by atoms with Crippen LogP contribution in [-0.2, 0) is 33.4 Å². The fourth-order valence-corrected chi connectivity index (χ4v) is 9.26. The molecule has 1 rings (SSSR count). The van der Waals surface area contributed by atoms with Gasteiger partial charge in [-0.1, -0.05) is 271 Å². The highest BCUT2D eigenvalue weighted by Gasteiger charge is 2.38. The van der Waals surface area contributed by atoms with Crippen LogP contribution in [0.15, 0.2) is 0 Å². The fourth-order valence-electron chi connectivity index (χ4n) is 9.26. The first-order chi connectivity index (χ1) is 33.3. The summed E-state index contributed by atoms with van der Waals surface area (Å²) in [5, 5.41) is 3.02. The van der Waals surface area contributed by atoms with Crippen LogP contribution in [0.2, 0.25) is 0 Å². The third-order valence-corrected chi connectivity index (χ3v) is 14.0. The van der Waals surface area contributed by atoms with Crippen LogP contribution < -0.4 is 5.32 Å². The lowest BCUT2D eigenvalue weighted by Gasteiger charge is -2.33. The summed E-state index contributed by atoms with van der Waals surface area (Å²) in [6.07, 6.45) is 52.9.